The molecule has 1 aromatic carbocycles. The van der Waals surface area contributed by atoms with Gasteiger partial charge >= 0.3 is 0 Å². The predicted molar refractivity (Wildman–Crippen MR) is 67.0 cm³/mol. The summed E-state index contributed by atoms with van der Waals surface area (Å²) in [6.45, 7) is 3.36. The van der Waals surface area contributed by atoms with Gasteiger partial charge in [-0.15, -0.1) is 0 Å². The van der Waals surface area contributed by atoms with Crippen molar-refractivity contribution in [1.82, 2.24) is 5.32 Å². The molecule has 0 bridgehead atoms. The molecule has 0 aliphatic heterocycles. The van der Waals surface area contributed by atoms with Crippen LogP contribution in [0.5, 0.6) is 0 Å². The van der Waals surface area contributed by atoms with Gasteiger partial charge < -0.3 is 10.1 Å². The molecule has 0 aliphatic carbocycles. The average Bonchev–Trinajstić information content (AvgIpc) is 2.29. The molecule has 90 valence electrons. The van der Waals surface area contributed by atoms with Gasteiger partial charge in [-0.3, -0.25) is 0 Å². The van der Waals surface area contributed by atoms with Crippen molar-refractivity contribution >= 4 is 15.9 Å². The summed E-state index contributed by atoms with van der Waals surface area (Å²) in [5, 5.41) is 3.12. The van der Waals surface area contributed by atoms with Crippen LogP contribution >= 0.6 is 15.9 Å². The minimum Gasteiger partial charge on any atom is -0.379 e. The van der Waals surface area contributed by atoms with Crippen molar-refractivity contribution in [1.29, 1.82) is 0 Å². The fourth-order valence-corrected chi connectivity index (χ4v) is 1.67. The number of likely N-dealkylation sites (N-methyl/N-ethyl adjacent to an activating group) is 1. The van der Waals surface area contributed by atoms with E-state index < -0.39 is 0 Å². The Morgan fingerprint density at radius 1 is 1.50 bits per heavy atom. The van der Waals surface area contributed by atoms with E-state index in [0.29, 0.717) is 11.1 Å². The topological polar surface area (TPSA) is 21.3 Å². The second-order valence-electron chi connectivity index (χ2n) is 3.59. The summed E-state index contributed by atoms with van der Waals surface area (Å²) in [5.41, 5.74) is 0.902. The highest BCUT2D eigenvalue weighted by Gasteiger charge is 2.11. The van der Waals surface area contributed by atoms with Gasteiger partial charge in [0.2, 0.25) is 0 Å². The molecule has 0 spiro atoms. The molecule has 1 unspecified atom stereocenters. The molecule has 0 aromatic heterocycles. The first-order valence-corrected chi connectivity index (χ1v) is 6.18. The SMILES string of the molecule is CCCOCC(NC)c1ccc(Br)c(F)c1. The second kappa shape index (κ2) is 6.99. The lowest BCUT2D eigenvalue weighted by Crippen LogP contribution is -2.22. The Morgan fingerprint density at radius 2 is 2.25 bits per heavy atom. The van der Waals surface area contributed by atoms with Crippen molar-refractivity contribution in [2.45, 2.75) is 19.4 Å². The predicted octanol–water partition coefficient (Wildman–Crippen LogP) is 3.28. The molecule has 4 heteroatoms. The number of nitrogens with one attached hydrogen (secondary N) is 1. The number of ether oxygens (including phenoxy) is 1. The van der Waals surface area contributed by atoms with Crippen molar-refractivity contribution < 1.29 is 9.13 Å². The molecule has 0 fully saturated rings. The van der Waals surface area contributed by atoms with Crippen molar-refractivity contribution in [3.63, 3.8) is 0 Å². The molecule has 1 rings (SSSR count). The third-order valence-electron chi connectivity index (χ3n) is 2.33. The molecular weight excluding hydrogens is 273 g/mol. The van der Waals surface area contributed by atoms with Gasteiger partial charge in [0.15, 0.2) is 0 Å². The molecule has 0 radical (unpaired) electrons. The van der Waals surface area contributed by atoms with Crippen LogP contribution in [0.4, 0.5) is 4.39 Å². The summed E-state index contributed by atoms with van der Waals surface area (Å²) < 4.78 is 19.3. The maximum Gasteiger partial charge on any atom is 0.137 e. The van der Waals surface area contributed by atoms with Crippen LogP contribution in [0, 0.1) is 5.82 Å². The molecule has 0 saturated carbocycles. The number of benzene rings is 1. The van der Waals surface area contributed by atoms with Gasteiger partial charge in [0.1, 0.15) is 5.82 Å². The average molecular weight is 290 g/mol. The van der Waals surface area contributed by atoms with E-state index in [2.05, 4.69) is 28.2 Å². The van der Waals surface area contributed by atoms with Crippen molar-refractivity contribution in [3.8, 4) is 0 Å². The Morgan fingerprint density at radius 3 is 2.81 bits per heavy atom. The van der Waals surface area contributed by atoms with Gasteiger partial charge in [0.05, 0.1) is 17.1 Å². The standard InChI is InChI=1S/C12H17BrFNO/c1-3-6-16-8-12(15-2)9-4-5-10(13)11(14)7-9/h4-5,7,12,15H,3,6,8H2,1-2H3. The first-order chi connectivity index (χ1) is 7.69. The van der Waals surface area contributed by atoms with E-state index in [0.717, 1.165) is 18.6 Å². The zero-order chi connectivity index (χ0) is 12.0. The van der Waals surface area contributed by atoms with Crippen LogP contribution in [0.2, 0.25) is 0 Å². The minimum atomic E-state index is -0.242. The van der Waals surface area contributed by atoms with Crippen molar-refractivity contribution in [3.05, 3.63) is 34.1 Å². The molecule has 0 saturated heterocycles. The summed E-state index contributed by atoms with van der Waals surface area (Å²) in [6.07, 6.45) is 0.991. The monoisotopic (exact) mass is 289 g/mol. The largest absolute Gasteiger partial charge is 0.379 e. The first kappa shape index (κ1) is 13.6. The third-order valence-corrected chi connectivity index (χ3v) is 2.97. The summed E-state index contributed by atoms with van der Waals surface area (Å²) in [7, 11) is 1.85. The molecule has 1 N–H and O–H groups in total. The van der Waals surface area contributed by atoms with Crippen LogP contribution in [0.1, 0.15) is 24.9 Å². The van der Waals surface area contributed by atoms with Crippen molar-refractivity contribution in [2.75, 3.05) is 20.3 Å². The summed E-state index contributed by atoms with van der Waals surface area (Å²) in [4.78, 5) is 0. The summed E-state index contributed by atoms with van der Waals surface area (Å²) in [5.74, 6) is -0.242. The van der Waals surface area contributed by atoms with Gasteiger partial charge in [-0.1, -0.05) is 13.0 Å². The number of rotatable bonds is 6. The normalized spacial score (nSPS) is 12.8. The second-order valence-corrected chi connectivity index (χ2v) is 4.44. The van der Waals surface area contributed by atoms with E-state index in [1.54, 1.807) is 6.07 Å². The van der Waals surface area contributed by atoms with Crippen LogP contribution in [-0.2, 0) is 4.74 Å². The van der Waals surface area contributed by atoms with E-state index >= 15 is 0 Å². The van der Waals surface area contributed by atoms with E-state index in [9.17, 15) is 4.39 Å². The maximum absolute atomic E-state index is 13.3. The lowest BCUT2D eigenvalue weighted by molar-refractivity contribution is 0.114. The van der Waals surface area contributed by atoms with E-state index in [1.807, 2.05) is 13.1 Å². The van der Waals surface area contributed by atoms with Crippen LogP contribution in [0.25, 0.3) is 0 Å². The first-order valence-electron chi connectivity index (χ1n) is 5.39. The highest BCUT2D eigenvalue weighted by atomic mass is 79.9. The van der Waals surface area contributed by atoms with Gasteiger partial charge in [0, 0.05) is 6.61 Å². The molecule has 0 heterocycles. The number of hydrogen-bond acceptors (Lipinski definition) is 2. The van der Waals surface area contributed by atoms with E-state index in [-0.39, 0.29) is 11.9 Å². The summed E-state index contributed by atoms with van der Waals surface area (Å²) >= 11 is 3.14. The smallest absolute Gasteiger partial charge is 0.137 e. The van der Waals surface area contributed by atoms with Crippen LogP contribution in [0.3, 0.4) is 0 Å². The number of halogens is 2. The molecule has 1 aromatic rings. The third kappa shape index (κ3) is 3.85. The zero-order valence-corrected chi connectivity index (χ0v) is 11.2. The Kier molecular flexibility index (Phi) is 5.95. The molecular formula is C12H17BrFNO. The maximum atomic E-state index is 13.3. The van der Waals surface area contributed by atoms with Crippen molar-refractivity contribution in [2.24, 2.45) is 0 Å². The zero-order valence-electron chi connectivity index (χ0n) is 9.59. The van der Waals surface area contributed by atoms with Crippen LogP contribution in [0.15, 0.2) is 22.7 Å². The van der Waals surface area contributed by atoms with Gasteiger partial charge in [-0.25, -0.2) is 4.39 Å². The fraction of sp³-hybridized carbons (Fsp3) is 0.500. The molecule has 0 aliphatic rings. The molecule has 16 heavy (non-hydrogen) atoms. The molecule has 1 atom stereocenters. The Hall–Kier alpha value is -0.450. The van der Waals surface area contributed by atoms with Gasteiger partial charge in [-0.2, -0.15) is 0 Å². The highest BCUT2D eigenvalue weighted by Crippen LogP contribution is 2.20. The van der Waals surface area contributed by atoms with E-state index in [1.165, 1.54) is 6.07 Å². The molecule has 0 amide bonds. The Labute approximate surface area is 104 Å². The van der Waals surface area contributed by atoms with E-state index in [4.69, 9.17) is 4.74 Å². The summed E-state index contributed by atoms with van der Waals surface area (Å²) in [6, 6.07) is 5.17. The Bertz CT molecular complexity index is 333. The van der Waals surface area contributed by atoms with Gasteiger partial charge in [0.25, 0.3) is 0 Å². The quantitative estimate of drug-likeness (QED) is 0.812. The fourth-order valence-electron chi connectivity index (χ4n) is 1.42. The van der Waals surface area contributed by atoms with Crippen LogP contribution < -0.4 is 5.32 Å². The minimum absolute atomic E-state index is 0.0362. The highest BCUT2D eigenvalue weighted by molar-refractivity contribution is 9.10. The Balaban J connectivity index is 2.67. The number of hydrogen-bond donors (Lipinski definition) is 1. The molecule has 2 nitrogen and oxygen atoms in total. The van der Waals surface area contributed by atoms with Gasteiger partial charge in [-0.05, 0) is 47.1 Å². The van der Waals surface area contributed by atoms with Crippen LogP contribution in [-0.4, -0.2) is 20.3 Å². The lowest BCUT2D eigenvalue weighted by atomic mass is 10.1. The lowest BCUT2D eigenvalue weighted by Gasteiger charge is -2.17.